The summed E-state index contributed by atoms with van der Waals surface area (Å²) < 4.78 is 0. The molecule has 0 aromatic carbocycles. The van der Waals surface area contributed by atoms with Crippen molar-refractivity contribution in [2.45, 2.75) is 19.3 Å². The lowest BCUT2D eigenvalue weighted by Gasteiger charge is -2.22. The van der Waals surface area contributed by atoms with Crippen molar-refractivity contribution < 1.29 is 4.92 Å². The summed E-state index contributed by atoms with van der Waals surface area (Å²) in [6, 6.07) is 3.25. The zero-order valence-corrected chi connectivity index (χ0v) is 9.65. The van der Waals surface area contributed by atoms with Gasteiger partial charge in [-0.15, -0.1) is 0 Å². The SMILES string of the molecule is O=[N+]([O-])c1ccc(C=NN2CCCCC2)s1. The van der Waals surface area contributed by atoms with Crippen molar-refractivity contribution in [2.24, 2.45) is 5.10 Å². The minimum absolute atomic E-state index is 0.167. The maximum absolute atomic E-state index is 10.5. The van der Waals surface area contributed by atoms with E-state index in [2.05, 4.69) is 5.10 Å². The quantitative estimate of drug-likeness (QED) is 0.462. The molecule has 2 rings (SSSR count). The average Bonchev–Trinajstić information content (AvgIpc) is 2.76. The first-order valence-corrected chi connectivity index (χ1v) is 6.10. The summed E-state index contributed by atoms with van der Waals surface area (Å²) >= 11 is 1.15. The van der Waals surface area contributed by atoms with Crippen LogP contribution >= 0.6 is 11.3 Å². The molecule has 0 radical (unpaired) electrons. The Labute approximate surface area is 97.5 Å². The molecule has 0 spiro atoms. The summed E-state index contributed by atoms with van der Waals surface area (Å²) in [6.45, 7) is 1.98. The van der Waals surface area contributed by atoms with E-state index in [9.17, 15) is 10.1 Å². The van der Waals surface area contributed by atoms with Gasteiger partial charge >= 0.3 is 5.00 Å². The summed E-state index contributed by atoms with van der Waals surface area (Å²) in [5, 5.41) is 17.0. The van der Waals surface area contributed by atoms with Crippen molar-refractivity contribution in [1.29, 1.82) is 0 Å². The topological polar surface area (TPSA) is 58.7 Å². The molecule has 0 unspecified atom stereocenters. The lowest BCUT2D eigenvalue weighted by Crippen LogP contribution is -2.24. The fourth-order valence-corrected chi connectivity index (χ4v) is 2.33. The molecule has 1 aliphatic heterocycles. The van der Waals surface area contributed by atoms with E-state index in [1.807, 2.05) is 5.01 Å². The molecule has 1 saturated heterocycles. The number of hydrogen-bond donors (Lipinski definition) is 0. The molecule has 1 fully saturated rings. The second kappa shape index (κ2) is 5.07. The van der Waals surface area contributed by atoms with E-state index in [4.69, 9.17) is 0 Å². The van der Waals surface area contributed by atoms with Crippen molar-refractivity contribution in [3.05, 3.63) is 27.1 Å². The average molecular weight is 239 g/mol. The molecule has 0 N–H and O–H groups in total. The predicted octanol–water partition coefficient (Wildman–Crippen LogP) is 2.48. The van der Waals surface area contributed by atoms with Crippen molar-refractivity contribution in [3.63, 3.8) is 0 Å². The van der Waals surface area contributed by atoms with Crippen molar-refractivity contribution in [2.75, 3.05) is 13.1 Å². The molecule has 16 heavy (non-hydrogen) atoms. The Balaban J connectivity index is 1.96. The number of rotatable bonds is 3. The van der Waals surface area contributed by atoms with Crippen LogP contribution in [-0.4, -0.2) is 29.2 Å². The maximum atomic E-state index is 10.5. The second-order valence-corrected chi connectivity index (χ2v) is 4.79. The monoisotopic (exact) mass is 239 g/mol. The zero-order valence-electron chi connectivity index (χ0n) is 8.83. The largest absolute Gasteiger partial charge is 0.324 e. The van der Waals surface area contributed by atoms with Crippen LogP contribution in [0.4, 0.5) is 5.00 Å². The third-order valence-corrected chi connectivity index (χ3v) is 3.44. The Morgan fingerprint density at radius 2 is 2.12 bits per heavy atom. The van der Waals surface area contributed by atoms with Gasteiger partial charge in [0, 0.05) is 19.2 Å². The van der Waals surface area contributed by atoms with Crippen LogP contribution in [0, 0.1) is 10.1 Å². The molecule has 6 heteroatoms. The molecule has 2 heterocycles. The van der Waals surface area contributed by atoms with E-state index >= 15 is 0 Å². The molecule has 0 aliphatic carbocycles. The van der Waals surface area contributed by atoms with Gasteiger partial charge in [0.25, 0.3) is 0 Å². The van der Waals surface area contributed by atoms with Crippen molar-refractivity contribution in [1.82, 2.24) is 5.01 Å². The second-order valence-electron chi connectivity index (χ2n) is 3.69. The number of hydrogen-bond acceptors (Lipinski definition) is 5. The summed E-state index contributed by atoms with van der Waals surface area (Å²) in [4.78, 5) is 10.9. The number of nitrogens with zero attached hydrogens (tertiary/aromatic N) is 3. The van der Waals surface area contributed by atoms with Gasteiger partial charge in [-0.05, 0) is 25.3 Å². The minimum atomic E-state index is -0.372. The van der Waals surface area contributed by atoms with Crippen LogP contribution in [0.5, 0.6) is 0 Å². The minimum Gasteiger partial charge on any atom is -0.297 e. The molecule has 1 aromatic heterocycles. The van der Waals surface area contributed by atoms with Crippen LogP contribution in [0.3, 0.4) is 0 Å². The Hall–Kier alpha value is -1.43. The van der Waals surface area contributed by atoms with Crippen LogP contribution in [0.2, 0.25) is 0 Å². The van der Waals surface area contributed by atoms with Gasteiger partial charge in [0.1, 0.15) is 0 Å². The van der Waals surface area contributed by atoms with Crippen LogP contribution < -0.4 is 0 Å². The number of piperidine rings is 1. The van der Waals surface area contributed by atoms with E-state index in [0.29, 0.717) is 0 Å². The highest BCUT2D eigenvalue weighted by molar-refractivity contribution is 7.16. The van der Waals surface area contributed by atoms with Crippen LogP contribution in [0.1, 0.15) is 24.1 Å². The fraction of sp³-hybridized carbons (Fsp3) is 0.500. The fourth-order valence-electron chi connectivity index (χ4n) is 1.64. The summed E-state index contributed by atoms with van der Waals surface area (Å²) in [6.07, 6.45) is 5.35. The number of nitro groups is 1. The first kappa shape index (κ1) is 11.1. The standard InChI is InChI=1S/C10H13N3O2S/c14-13(15)10-5-4-9(16-10)8-11-12-6-2-1-3-7-12/h4-5,8H,1-3,6-7H2. The molecular weight excluding hydrogens is 226 g/mol. The van der Waals surface area contributed by atoms with Gasteiger partial charge in [-0.1, -0.05) is 11.3 Å². The molecule has 0 atom stereocenters. The third kappa shape index (κ3) is 2.79. The normalized spacial score (nSPS) is 16.9. The Kier molecular flexibility index (Phi) is 3.51. The first-order valence-electron chi connectivity index (χ1n) is 5.29. The highest BCUT2D eigenvalue weighted by Crippen LogP contribution is 2.22. The van der Waals surface area contributed by atoms with E-state index in [-0.39, 0.29) is 9.92 Å². The van der Waals surface area contributed by atoms with E-state index in [0.717, 1.165) is 29.3 Å². The van der Waals surface area contributed by atoms with E-state index in [1.54, 1.807) is 12.3 Å². The Morgan fingerprint density at radius 1 is 1.38 bits per heavy atom. The lowest BCUT2D eigenvalue weighted by molar-refractivity contribution is -0.380. The smallest absolute Gasteiger partial charge is 0.297 e. The van der Waals surface area contributed by atoms with Crippen LogP contribution in [0.15, 0.2) is 17.2 Å². The predicted molar refractivity (Wildman–Crippen MR) is 64.0 cm³/mol. The summed E-state index contributed by atoms with van der Waals surface area (Å²) in [5.41, 5.74) is 0. The molecule has 1 aliphatic rings. The van der Waals surface area contributed by atoms with Gasteiger partial charge in [-0.25, -0.2) is 0 Å². The Morgan fingerprint density at radius 3 is 2.75 bits per heavy atom. The van der Waals surface area contributed by atoms with Crippen LogP contribution in [0.25, 0.3) is 0 Å². The van der Waals surface area contributed by atoms with Gasteiger partial charge in [0.2, 0.25) is 0 Å². The molecular formula is C10H13N3O2S. The third-order valence-electron chi connectivity index (χ3n) is 2.47. The first-order chi connectivity index (χ1) is 7.75. The highest BCUT2D eigenvalue weighted by atomic mass is 32.1. The Bertz CT molecular complexity index is 397. The van der Waals surface area contributed by atoms with E-state index < -0.39 is 0 Å². The van der Waals surface area contributed by atoms with Crippen LogP contribution in [-0.2, 0) is 0 Å². The molecule has 5 nitrogen and oxygen atoms in total. The van der Waals surface area contributed by atoms with Gasteiger partial charge in [0.15, 0.2) is 0 Å². The number of thiophene rings is 1. The van der Waals surface area contributed by atoms with Crippen molar-refractivity contribution in [3.8, 4) is 0 Å². The summed E-state index contributed by atoms with van der Waals surface area (Å²) in [5.74, 6) is 0. The number of hydrazone groups is 1. The van der Waals surface area contributed by atoms with Gasteiger partial charge in [0.05, 0.1) is 16.0 Å². The highest BCUT2D eigenvalue weighted by Gasteiger charge is 2.09. The van der Waals surface area contributed by atoms with Gasteiger partial charge in [-0.3, -0.25) is 15.1 Å². The lowest BCUT2D eigenvalue weighted by atomic mass is 10.2. The van der Waals surface area contributed by atoms with Gasteiger partial charge in [-0.2, -0.15) is 5.10 Å². The summed E-state index contributed by atoms with van der Waals surface area (Å²) in [7, 11) is 0. The van der Waals surface area contributed by atoms with E-state index in [1.165, 1.54) is 25.3 Å². The molecule has 0 bridgehead atoms. The zero-order chi connectivity index (χ0) is 11.4. The van der Waals surface area contributed by atoms with Crippen molar-refractivity contribution >= 4 is 22.6 Å². The maximum Gasteiger partial charge on any atom is 0.324 e. The molecule has 1 aromatic rings. The molecule has 0 amide bonds. The molecule has 86 valence electrons. The molecule has 0 saturated carbocycles. The van der Waals surface area contributed by atoms with Gasteiger partial charge < -0.3 is 0 Å².